The van der Waals surface area contributed by atoms with Crippen molar-refractivity contribution in [3.63, 3.8) is 0 Å². The molecular formula is C16H18ClN3O5. The standard InChI is InChI=1S/C16H18ClN3O5/c1-23-7-3-6-18-14(21)15-19-13(20-25-15)9-11-8-10(16(22)24-2)4-5-12(11)17/h4-5,8H,3,6-7,9H2,1-2H3,(H,18,21). The number of hydrogen-bond donors (Lipinski definition) is 1. The van der Waals surface area contributed by atoms with Gasteiger partial charge in [0.1, 0.15) is 0 Å². The fourth-order valence-electron chi connectivity index (χ4n) is 2.04. The maximum Gasteiger partial charge on any atom is 0.337 e. The van der Waals surface area contributed by atoms with Crippen LogP contribution in [0.15, 0.2) is 22.7 Å². The molecule has 0 fully saturated rings. The van der Waals surface area contributed by atoms with Gasteiger partial charge in [-0.3, -0.25) is 4.79 Å². The maximum atomic E-state index is 11.9. The number of benzene rings is 1. The van der Waals surface area contributed by atoms with Gasteiger partial charge in [-0.2, -0.15) is 4.98 Å². The molecule has 25 heavy (non-hydrogen) atoms. The Labute approximate surface area is 149 Å². The zero-order chi connectivity index (χ0) is 18.2. The van der Waals surface area contributed by atoms with Crippen LogP contribution in [0.4, 0.5) is 0 Å². The van der Waals surface area contributed by atoms with E-state index in [-0.39, 0.29) is 18.1 Å². The van der Waals surface area contributed by atoms with Gasteiger partial charge in [-0.05, 0) is 30.2 Å². The molecule has 8 nitrogen and oxygen atoms in total. The highest BCUT2D eigenvalue weighted by Gasteiger charge is 2.16. The normalized spacial score (nSPS) is 10.5. The number of methoxy groups -OCH3 is 2. The summed E-state index contributed by atoms with van der Waals surface area (Å²) >= 11 is 6.13. The Balaban J connectivity index is 2.03. The summed E-state index contributed by atoms with van der Waals surface area (Å²) in [5, 5.41) is 6.87. The maximum absolute atomic E-state index is 11.9. The predicted octanol–water partition coefficient (Wildman–Crippen LogP) is 1.87. The zero-order valence-corrected chi connectivity index (χ0v) is 14.6. The SMILES string of the molecule is COCCCNC(=O)c1nc(Cc2cc(C(=O)OC)ccc2Cl)no1. The number of carbonyl (C=O) groups excluding carboxylic acids is 2. The van der Waals surface area contributed by atoms with Crippen LogP contribution in [-0.4, -0.2) is 49.4 Å². The van der Waals surface area contributed by atoms with E-state index in [1.807, 2.05) is 0 Å². The van der Waals surface area contributed by atoms with Gasteiger partial charge in [0, 0.05) is 31.7 Å². The highest BCUT2D eigenvalue weighted by atomic mass is 35.5. The van der Waals surface area contributed by atoms with Gasteiger partial charge in [-0.25, -0.2) is 4.79 Å². The molecule has 1 aromatic carbocycles. The monoisotopic (exact) mass is 367 g/mol. The minimum atomic E-state index is -0.470. The number of amides is 1. The number of nitrogens with zero attached hydrogens (tertiary/aromatic N) is 2. The Bertz CT molecular complexity index is 747. The smallest absolute Gasteiger partial charge is 0.337 e. The van der Waals surface area contributed by atoms with Crippen LogP contribution in [0.3, 0.4) is 0 Å². The third-order valence-electron chi connectivity index (χ3n) is 3.29. The number of esters is 1. The van der Waals surface area contributed by atoms with Crippen molar-refractivity contribution in [2.45, 2.75) is 12.8 Å². The molecule has 0 aliphatic rings. The molecule has 2 rings (SSSR count). The van der Waals surface area contributed by atoms with Crippen molar-refractivity contribution >= 4 is 23.5 Å². The largest absolute Gasteiger partial charge is 0.465 e. The third kappa shape index (κ3) is 5.27. The second-order valence-corrected chi connectivity index (χ2v) is 5.50. The van der Waals surface area contributed by atoms with Crippen LogP contribution >= 0.6 is 11.6 Å². The van der Waals surface area contributed by atoms with E-state index in [2.05, 4.69) is 20.2 Å². The third-order valence-corrected chi connectivity index (χ3v) is 3.66. The fourth-order valence-corrected chi connectivity index (χ4v) is 2.22. The molecule has 2 aromatic rings. The lowest BCUT2D eigenvalue weighted by atomic mass is 10.1. The first kappa shape index (κ1) is 18.9. The summed E-state index contributed by atoms with van der Waals surface area (Å²) in [5.74, 6) is -0.773. The number of aromatic nitrogens is 2. The molecule has 0 spiro atoms. The lowest BCUT2D eigenvalue weighted by Gasteiger charge is -2.04. The summed E-state index contributed by atoms with van der Waals surface area (Å²) in [5.41, 5.74) is 0.985. The molecule has 1 heterocycles. The molecule has 0 bridgehead atoms. The molecule has 134 valence electrons. The summed E-state index contributed by atoms with van der Waals surface area (Å²) in [7, 11) is 2.89. The molecule has 0 aliphatic heterocycles. The van der Waals surface area contributed by atoms with E-state index in [4.69, 9.17) is 20.9 Å². The Kier molecular flexibility index (Phi) is 6.91. The molecule has 0 atom stereocenters. The number of hydrogen-bond acceptors (Lipinski definition) is 7. The first-order valence-corrected chi connectivity index (χ1v) is 7.89. The van der Waals surface area contributed by atoms with Gasteiger partial charge in [-0.1, -0.05) is 16.8 Å². The lowest BCUT2D eigenvalue weighted by Crippen LogP contribution is -2.25. The average molecular weight is 368 g/mol. The van der Waals surface area contributed by atoms with Gasteiger partial charge in [0.2, 0.25) is 0 Å². The molecule has 1 N–H and O–H groups in total. The molecule has 0 radical (unpaired) electrons. The van der Waals surface area contributed by atoms with E-state index < -0.39 is 11.9 Å². The van der Waals surface area contributed by atoms with Gasteiger partial charge < -0.3 is 19.3 Å². The highest BCUT2D eigenvalue weighted by molar-refractivity contribution is 6.31. The van der Waals surface area contributed by atoms with Crippen LogP contribution in [0.5, 0.6) is 0 Å². The molecular weight excluding hydrogens is 350 g/mol. The first-order chi connectivity index (χ1) is 12.0. The summed E-state index contributed by atoms with van der Waals surface area (Å²) in [4.78, 5) is 27.5. The Hall–Kier alpha value is -2.45. The molecule has 9 heteroatoms. The van der Waals surface area contributed by atoms with E-state index in [0.29, 0.717) is 35.7 Å². The minimum Gasteiger partial charge on any atom is -0.465 e. The van der Waals surface area contributed by atoms with Crippen molar-refractivity contribution in [3.8, 4) is 0 Å². The average Bonchev–Trinajstić information content (AvgIpc) is 3.08. The number of nitrogens with one attached hydrogen (secondary N) is 1. The van der Waals surface area contributed by atoms with Crippen molar-refractivity contribution in [2.75, 3.05) is 27.4 Å². The number of halogens is 1. The second-order valence-electron chi connectivity index (χ2n) is 5.09. The lowest BCUT2D eigenvalue weighted by molar-refractivity contribution is 0.0600. The van der Waals surface area contributed by atoms with Crippen molar-refractivity contribution in [2.24, 2.45) is 0 Å². The molecule has 0 saturated heterocycles. The Morgan fingerprint density at radius 3 is 2.84 bits per heavy atom. The first-order valence-electron chi connectivity index (χ1n) is 7.51. The van der Waals surface area contributed by atoms with Gasteiger partial charge in [0.15, 0.2) is 5.82 Å². The van der Waals surface area contributed by atoms with Crippen LogP contribution in [0.1, 0.15) is 38.9 Å². The number of ether oxygens (including phenoxy) is 2. The van der Waals surface area contributed by atoms with Crippen LogP contribution in [0.2, 0.25) is 5.02 Å². The van der Waals surface area contributed by atoms with E-state index in [0.717, 1.165) is 0 Å². The van der Waals surface area contributed by atoms with Crippen LogP contribution < -0.4 is 5.32 Å². The summed E-state index contributed by atoms with van der Waals surface area (Å²) in [6, 6.07) is 4.74. The summed E-state index contributed by atoms with van der Waals surface area (Å²) in [6.45, 7) is 0.988. The minimum absolute atomic E-state index is 0.132. The van der Waals surface area contributed by atoms with Gasteiger partial charge >= 0.3 is 17.8 Å². The van der Waals surface area contributed by atoms with Gasteiger partial charge in [-0.15, -0.1) is 0 Å². The Morgan fingerprint density at radius 2 is 2.12 bits per heavy atom. The van der Waals surface area contributed by atoms with Crippen molar-refractivity contribution in [1.82, 2.24) is 15.5 Å². The van der Waals surface area contributed by atoms with E-state index in [1.54, 1.807) is 25.3 Å². The van der Waals surface area contributed by atoms with Crippen molar-refractivity contribution < 1.29 is 23.6 Å². The molecule has 0 aliphatic carbocycles. The summed E-state index contributed by atoms with van der Waals surface area (Å²) in [6.07, 6.45) is 0.892. The fraction of sp³-hybridized carbons (Fsp3) is 0.375. The van der Waals surface area contributed by atoms with E-state index in [1.165, 1.54) is 7.11 Å². The van der Waals surface area contributed by atoms with Crippen LogP contribution in [-0.2, 0) is 15.9 Å². The quantitative estimate of drug-likeness (QED) is 0.561. The topological polar surface area (TPSA) is 104 Å². The number of rotatable bonds is 8. The Morgan fingerprint density at radius 1 is 1.32 bits per heavy atom. The zero-order valence-electron chi connectivity index (χ0n) is 13.9. The molecule has 1 amide bonds. The van der Waals surface area contributed by atoms with Crippen LogP contribution in [0, 0.1) is 0 Å². The molecule has 1 aromatic heterocycles. The van der Waals surface area contributed by atoms with E-state index >= 15 is 0 Å². The van der Waals surface area contributed by atoms with Crippen molar-refractivity contribution in [1.29, 1.82) is 0 Å². The van der Waals surface area contributed by atoms with E-state index in [9.17, 15) is 9.59 Å². The van der Waals surface area contributed by atoms with Gasteiger partial charge in [0.05, 0.1) is 12.7 Å². The number of carbonyl (C=O) groups is 2. The van der Waals surface area contributed by atoms with Gasteiger partial charge in [0.25, 0.3) is 0 Å². The molecule has 0 saturated carbocycles. The van der Waals surface area contributed by atoms with Crippen molar-refractivity contribution in [3.05, 3.63) is 46.1 Å². The predicted molar refractivity (Wildman–Crippen MR) is 88.7 cm³/mol. The van der Waals surface area contributed by atoms with Crippen LogP contribution in [0.25, 0.3) is 0 Å². The second kappa shape index (κ2) is 9.14. The molecule has 0 unspecified atom stereocenters. The highest BCUT2D eigenvalue weighted by Crippen LogP contribution is 2.20. The summed E-state index contributed by atoms with van der Waals surface area (Å²) < 4.78 is 14.5.